The van der Waals surface area contributed by atoms with Gasteiger partial charge in [0, 0.05) is 36.3 Å². The second-order valence-electron chi connectivity index (χ2n) is 4.48. The number of aliphatic hydroxyl groups is 1. The second kappa shape index (κ2) is 7.21. The van der Waals surface area contributed by atoms with Crippen molar-refractivity contribution in [1.29, 1.82) is 0 Å². The van der Waals surface area contributed by atoms with Crippen molar-refractivity contribution in [2.75, 3.05) is 18.5 Å². The van der Waals surface area contributed by atoms with Gasteiger partial charge in [0.05, 0.1) is 0 Å². The molecule has 0 unspecified atom stereocenters. The molecule has 0 fully saturated rings. The van der Waals surface area contributed by atoms with Gasteiger partial charge >= 0.3 is 0 Å². The number of rotatable bonds is 7. The van der Waals surface area contributed by atoms with Gasteiger partial charge in [-0.3, -0.25) is 0 Å². The molecule has 2 N–H and O–H groups in total. The molecule has 0 saturated heterocycles. The summed E-state index contributed by atoms with van der Waals surface area (Å²) in [6, 6.07) is 4.13. The third kappa shape index (κ3) is 4.29. The lowest BCUT2D eigenvalue weighted by Gasteiger charge is -2.14. The van der Waals surface area contributed by atoms with E-state index in [0.717, 1.165) is 18.4 Å². The van der Waals surface area contributed by atoms with Crippen LogP contribution in [0.25, 0.3) is 0 Å². The Morgan fingerprint density at radius 2 is 2.16 bits per heavy atom. The number of aryl methyl sites for hydroxylation is 1. The zero-order valence-corrected chi connectivity index (χ0v) is 11.9. The van der Waals surface area contributed by atoms with Crippen molar-refractivity contribution in [1.82, 2.24) is 9.97 Å². The minimum atomic E-state index is 0.165. The fraction of sp³-hybridized carbons (Fsp3) is 0.429. The molecule has 2 aromatic heterocycles. The highest BCUT2D eigenvalue weighted by Gasteiger charge is 2.10. The van der Waals surface area contributed by atoms with Crippen LogP contribution in [-0.4, -0.2) is 28.2 Å². The fourth-order valence-corrected chi connectivity index (χ4v) is 2.60. The lowest BCUT2D eigenvalue weighted by Crippen LogP contribution is -2.20. The topological polar surface area (TPSA) is 58.0 Å². The molecule has 0 amide bonds. The Labute approximate surface area is 117 Å². The molecule has 0 radical (unpaired) electrons. The largest absolute Gasteiger partial charge is 0.396 e. The first-order valence-electron chi connectivity index (χ1n) is 6.49. The molecule has 0 aromatic carbocycles. The van der Waals surface area contributed by atoms with E-state index in [1.807, 2.05) is 18.5 Å². The zero-order valence-electron chi connectivity index (χ0n) is 11.0. The molecule has 102 valence electrons. The Morgan fingerprint density at radius 1 is 1.37 bits per heavy atom. The average Bonchev–Trinajstić information content (AvgIpc) is 2.97. The Bertz CT molecular complexity index is 470. The van der Waals surface area contributed by atoms with E-state index in [1.54, 1.807) is 11.3 Å². The zero-order chi connectivity index (χ0) is 13.5. The summed E-state index contributed by atoms with van der Waals surface area (Å²) in [6.07, 6.45) is 5.50. The molecule has 19 heavy (non-hydrogen) atoms. The third-order valence-corrected chi connectivity index (χ3v) is 3.89. The van der Waals surface area contributed by atoms with E-state index in [1.165, 1.54) is 4.88 Å². The van der Waals surface area contributed by atoms with Gasteiger partial charge in [-0.05, 0) is 29.9 Å². The third-order valence-electron chi connectivity index (χ3n) is 2.99. The number of hydrogen-bond donors (Lipinski definition) is 2. The van der Waals surface area contributed by atoms with Gasteiger partial charge in [-0.1, -0.05) is 13.0 Å². The van der Waals surface area contributed by atoms with E-state index in [0.29, 0.717) is 12.5 Å². The van der Waals surface area contributed by atoms with Crippen LogP contribution in [0.2, 0.25) is 0 Å². The van der Waals surface area contributed by atoms with E-state index < -0.39 is 0 Å². The van der Waals surface area contributed by atoms with Gasteiger partial charge in [-0.25, -0.2) is 9.97 Å². The smallest absolute Gasteiger partial charge is 0.222 e. The first kappa shape index (κ1) is 14.0. The number of aliphatic hydroxyl groups excluding tert-OH is 1. The number of hydrogen-bond acceptors (Lipinski definition) is 5. The van der Waals surface area contributed by atoms with Crippen molar-refractivity contribution in [3.8, 4) is 0 Å². The van der Waals surface area contributed by atoms with E-state index in [4.69, 9.17) is 0 Å². The minimum Gasteiger partial charge on any atom is -0.396 e. The number of nitrogens with one attached hydrogen (secondary N) is 1. The molecular formula is C14H19N3OS. The van der Waals surface area contributed by atoms with E-state index in [2.05, 4.69) is 33.7 Å². The summed E-state index contributed by atoms with van der Waals surface area (Å²) in [5.74, 6) is 0.815. The van der Waals surface area contributed by atoms with Crippen molar-refractivity contribution in [3.63, 3.8) is 0 Å². The molecule has 2 heterocycles. The molecule has 0 saturated carbocycles. The summed E-state index contributed by atoms with van der Waals surface area (Å²) in [6.45, 7) is 2.92. The number of anilines is 1. The van der Waals surface area contributed by atoms with Gasteiger partial charge in [-0.2, -0.15) is 0 Å². The van der Waals surface area contributed by atoms with Crippen molar-refractivity contribution in [3.05, 3.63) is 40.3 Å². The predicted molar refractivity (Wildman–Crippen MR) is 78.5 cm³/mol. The van der Waals surface area contributed by atoms with Crippen LogP contribution in [0.4, 0.5) is 5.95 Å². The van der Waals surface area contributed by atoms with Crippen LogP contribution in [0.3, 0.4) is 0 Å². The maximum absolute atomic E-state index is 9.41. The normalized spacial score (nSPS) is 12.3. The highest BCUT2D eigenvalue weighted by molar-refractivity contribution is 7.09. The van der Waals surface area contributed by atoms with E-state index in [-0.39, 0.29) is 12.5 Å². The van der Waals surface area contributed by atoms with Crippen molar-refractivity contribution < 1.29 is 5.11 Å². The minimum absolute atomic E-state index is 0.165. The molecule has 0 bridgehead atoms. The molecule has 0 aliphatic rings. The Kier molecular flexibility index (Phi) is 5.30. The van der Waals surface area contributed by atoms with Crippen LogP contribution >= 0.6 is 11.3 Å². The fourth-order valence-electron chi connectivity index (χ4n) is 1.78. The molecule has 0 spiro atoms. The Morgan fingerprint density at radius 3 is 2.74 bits per heavy atom. The molecule has 4 nitrogen and oxygen atoms in total. The van der Waals surface area contributed by atoms with Gasteiger partial charge in [-0.15, -0.1) is 11.3 Å². The van der Waals surface area contributed by atoms with Crippen molar-refractivity contribution in [2.45, 2.75) is 19.8 Å². The van der Waals surface area contributed by atoms with Crippen LogP contribution in [0.5, 0.6) is 0 Å². The Balaban J connectivity index is 1.84. The monoisotopic (exact) mass is 277 g/mol. The van der Waals surface area contributed by atoms with Crippen LogP contribution in [-0.2, 0) is 12.8 Å². The number of nitrogens with zero attached hydrogens (tertiary/aromatic N) is 2. The predicted octanol–water partition coefficient (Wildman–Crippen LogP) is 2.36. The van der Waals surface area contributed by atoms with Crippen molar-refractivity contribution in [2.24, 2.45) is 5.92 Å². The van der Waals surface area contributed by atoms with Gasteiger partial charge < -0.3 is 10.4 Å². The summed E-state index contributed by atoms with van der Waals surface area (Å²) in [5.41, 5.74) is 1.13. The standard InChI is InChI=1S/C14H19N3OS/c1-2-11-7-15-14(16-8-11)17-9-12(10-18)6-13-4-3-5-19-13/h3-5,7-8,12,18H,2,6,9-10H2,1H3,(H,15,16,17)/t12-/m1/s1. The Hall–Kier alpha value is -1.46. The average molecular weight is 277 g/mol. The summed E-state index contributed by atoms with van der Waals surface area (Å²) in [7, 11) is 0. The molecule has 0 aliphatic carbocycles. The van der Waals surface area contributed by atoms with Crippen LogP contribution in [0.1, 0.15) is 17.4 Å². The van der Waals surface area contributed by atoms with Gasteiger partial charge in [0.25, 0.3) is 0 Å². The van der Waals surface area contributed by atoms with Crippen LogP contribution < -0.4 is 5.32 Å². The molecule has 0 aliphatic heterocycles. The maximum atomic E-state index is 9.41. The van der Waals surface area contributed by atoms with Gasteiger partial charge in [0.1, 0.15) is 0 Å². The van der Waals surface area contributed by atoms with Gasteiger partial charge in [0.2, 0.25) is 5.95 Å². The summed E-state index contributed by atoms with van der Waals surface area (Å²) in [5, 5.41) is 14.6. The van der Waals surface area contributed by atoms with E-state index in [9.17, 15) is 5.11 Å². The highest BCUT2D eigenvalue weighted by atomic mass is 32.1. The van der Waals surface area contributed by atoms with E-state index >= 15 is 0 Å². The summed E-state index contributed by atoms with van der Waals surface area (Å²) in [4.78, 5) is 9.80. The second-order valence-corrected chi connectivity index (χ2v) is 5.51. The van der Waals surface area contributed by atoms with Crippen molar-refractivity contribution >= 4 is 17.3 Å². The molecule has 2 aromatic rings. The molecule has 2 rings (SSSR count). The number of aromatic nitrogens is 2. The SMILES string of the molecule is CCc1cnc(NC[C@H](CO)Cc2cccs2)nc1. The maximum Gasteiger partial charge on any atom is 0.222 e. The first-order valence-corrected chi connectivity index (χ1v) is 7.37. The summed E-state index contributed by atoms with van der Waals surface area (Å²) >= 11 is 1.72. The number of thiophene rings is 1. The highest BCUT2D eigenvalue weighted by Crippen LogP contribution is 2.14. The lowest BCUT2D eigenvalue weighted by molar-refractivity contribution is 0.233. The van der Waals surface area contributed by atoms with Gasteiger partial charge in [0.15, 0.2) is 0 Å². The molecule has 5 heteroatoms. The quantitative estimate of drug-likeness (QED) is 0.815. The lowest BCUT2D eigenvalue weighted by atomic mass is 10.1. The van der Waals surface area contributed by atoms with Crippen LogP contribution in [0, 0.1) is 5.92 Å². The summed E-state index contributed by atoms with van der Waals surface area (Å²) < 4.78 is 0. The first-order chi connectivity index (χ1) is 9.31. The molecule has 1 atom stereocenters. The molecular weight excluding hydrogens is 258 g/mol. The van der Waals surface area contributed by atoms with Crippen LogP contribution in [0.15, 0.2) is 29.9 Å².